The molecule has 2 rings (SSSR count). The lowest BCUT2D eigenvalue weighted by Gasteiger charge is -2.08. The third-order valence-corrected chi connectivity index (χ3v) is 3.30. The molecule has 0 aliphatic rings. The minimum Gasteiger partial charge on any atom is -0.352 e. The van der Waals surface area contributed by atoms with Crippen molar-refractivity contribution < 1.29 is 9.18 Å². The summed E-state index contributed by atoms with van der Waals surface area (Å²) in [5, 5.41) is 7.10. The summed E-state index contributed by atoms with van der Waals surface area (Å²) in [5.41, 5.74) is 3.05. The Hall–Kier alpha value is -2.17. The number of halogens is 1. The summed E-state index contributed by atoms with van der Waals surface area (Å²) in [6.07, 6.45) is 0.751. The zero-order chi connectivity index (χ0) is 15.4. The third-order valence-electron chi connectivity index (χ3n) is 3.30. The number of carbonyl (C=O) groups is 1. The molecule has 1 aromatic carbocycles. The predicted molar refractivity (Wildman–Crippen MR) is 79.8 cm³/mol. The normalized spacial score (nSPS) is 10.7. The van der Waals surface area contributed by atoms with Gasteiger partial charge in [-0.3, -0.25) is 9.48 Å². The van der Waals surface area contributed by atoms with Gasteiger partial charge in [-0.2, -0.15) is 5.10 Å². The fourth-order valence-electron chi connectivity index (χ4n) is 2.24. The maximum absolute atomic E-state index is 13.6. The van der Waals surface area contributed by atoms with Crippen LogP contribution in [0, 0.1) is 26.6 Å². The van der Waals surface area contributed by atoms with Crippen molar-refractivity contribution >= 4 is 5.91 Å². The van der Waals surface area contributed by atoms with Crippen LogP contribution in [0.15, 0.2) is 24.3 Å². The fraction of sp³-hybridized carbons (Fsp3) is 0.375. The Morgan fingerprint density at radius 2 is 2.05 bits per heavy atom. The number of aromatic nitrogens is 2. The molecule has 0 bridgehead atoms. The lowest BCUT2D eigenvalue weighted by atomic mass is 10.1. The highest BCUT2D eigenvalue weighted by atomic mass is 19.1. The van der Waals surface area contributed by atoms with Crippen LogP contribution in [0.4, 0.5) is 4.39 Å². The number of benzene rings is 1. The molecule has 1 amide bonds. The number of nitrogens with one attached hydrogen (secondary N) is 1. The highest BCUT2D eigenvalue weighted by Gasteiger charge is 2.11. The second-order valence-electron chi connectivity index (χ2n) is 5.24. The van der Waals surface area contributed by atoms with Gasteiger partial charge in [-0.1, -0.05) is 11.6 Å². The highest BCUT2D eigenvalue weighted by Crippen LogP contribution is 2.09. The first-order valence-corrected chi connectivity index (χ1v) is 7.03. The molecule has 1 heterocycles. The first-order chi connectivity index (χ1) is 9.97. The average Bonchev–Trinajstić information content (AvgIpc) is 2.75. The van der Waals surface area contributed by atoms with Gasteiger partial charge >= 0.3 is 0 Å². The molecule has 112 valence electrons. The molecule has 0 saturated heterocycles. The Bertz CT molecular complexity index is 649. The number of amides is 1. The third kappa shape index (κ3) is 3.90. The van der Waals surface area contributed by atoms with Gasteiger partial charge in [0.25, 0.3) is 5.91 Å². The van der Waals surface area contributed by atoms with Gasteiger partial charge < -0.3 is 5.32 Å². The summed E-state index contributed by atoms with van der Waals surface area (Å²) >= 11 is 0. The van der Waals surface area contributed by atoms with Gasteiger partial charge in [0.1, 0.15) is 5.82 Å². The van der Waals surface area contributed by atoms with Gasteiger partial charge in [0.2, 0.25) is 0 Å². The molecule has 21 heavy (non-hydrogen) atoms. The van der Waals surface area contributed by atoms with Crippen molar-refractivity contribution in [3.8, 4) is 0 Å². The van der Waals surface area contributed by atoms with Gasteiger partial charge in [0, 0.05) is 18.8 Å². The number of nitrogens with zero attached hydrogens (tertiary/aromatic N) is 2. The van der Waals surface area contributed by atoms with E-state index in [0.717, 1.165) is 29.9 Å². The summed E-state index contributed by atoms with van der Waals surface area (Å²) in [7, 11) is 0. The minimum absolute atomic E-state index is 0.0983. The molecular weight excluding hydrogens is 269 g/mol. The number of rotatable bonds is 5. The lowest BCUT2D eigenvalue weighted by molar-refractivity contribution is 0.0948. The largest absolute Gasteiger partial charge is 0.352 e. The molecule has 0 spiro atoms. The van der Waals surface area contributed by atoms with Crippen molar-refractivity contribution in [2.24, 2.45) is 0 Å². The van der Waals surface area contributed by atoms with Crippen molar-refractivity contribution in [1.29, 1.82) is 0 Å². The van der Waals surface area contributed by atoms with Crippen LogP contribution in [0.1, 0.15) is 33.7 Å². The Labute approximate surface area is 124 Å². The molecule has 0 aliphatic carbocycles. The van der Waals surface area contributed by atoms with Crippen LogP contribution in [-0.4, -0.2) is 22.2 Å². The van der Waals surface area contributed by atoms with E-state index in [2.05, 4.69) is 10.4 Å². The summed E-state index contributed by atoms with van der Waals surface area (Å²) < 4.78 is 15.5. The predicted octanol–water partition coefficient (Wildman–Crippen LogP) is 2.77. The maximum atomic E-state index is 13.6. The Morgan fingerprint density at radius 1 is 1.29 bits per heavy atom. The summed E-state index contributed by atoms with van der Waals surface area (Å²) in [4.78, 5) is 11.9. The van der Waals surface area contributed by atoms with Crippen LogP contribution in [0.25, 0.3) is 0 Å². The van der Waals surface area contributed by atoms with Crippen LogP contribution >= 0.6 is 0 Å². The van der Waals surface area contributed by atoms with E-state index in [9.17, 15) is 9.18 Å². The van der Waals surface area contributed by atoms with Gasteiger partial charge in [-0.25, -0.2) is 4.39 Å². The zero-order valence-corrected chi connectivity index (χ0v) is 12.6. The van der Waals surface area contributed by atoms with Crippen molar-refractivity contribution in [3.05, 3.63) is 52.6 Å². The molecule has 0 radical (unpaired) electrons. The Morgan fingerprint density at radius 3 is 2.71 bits per heavy atom. The number of hydrogen-bond donors (Lipinski definition) is 1. The Kier molecular flexibility index (Phi) is 4.73. The van der Waals surface area contributed by atoms with Crippen molar-refractivity contribution in [3.63, 3.8) is 0 Å². The van der Waals surface area contributed by atoms with Gasteiger partial charge in [-0.15, -0.1) is 0 Å². The molecule has 2 aromatic rings. The molecule has 0 saturated carbocycles. The van der Waals surface area contributed by atoms with Crippen molar-refractivity contribution in [1.82, 2.24) is 15.1 Å². The summed E-state index contributed by atoms with van der Waals surface area (Å²) in [6, 6.07) is 6.54. The molecule has 5 heteroatoms. The summed E-state index contributed by atoms with van der Waals surface area (Å²) in [5.74, 6) is -0.860. The van der Waals surface area contributed by atoms with E-state index in [-0.39, 0.29) is 11.5 Å². The van der Waals surface area contributed by atoms with Gasteiger partial charge in [0.15, 0.2) is 0 Å². The second kappa shape index (κ2) is 6.52. The van der Waals surface area contributed by atoms with E-state index < -0.39 is 5.82 Å². The van der Waals surface area contributed by atoms with Gasteiger partial charge in [-0.05, 0) is 45.4 Å². The van der Waals surface area contributed by atoms with Gasteiger partial charge in [0.05, 0.1) is 11.3 Å². The fourth-order valence-corrected chi connectivity index (χ4v) is 2.24. The molecule has 0 unspecified atom stereocenters. The first-order valence-electron chi connectivity index (χ1n) is 7.03. The van der Waals surface area contributed by atoms with E-state index in [1.165, 1.54) is 6.07 Å². The molecule has 4 nitrogen and oxygen atoms in total. The van der Waals surface area contributed by atoms with Crippen LogP contribution in [0.3, 0.4) is 0 Å². The zero-order valence-electron chi connectivity index (χ0n) is 12.6. The standard InChI is InChI=1S/C16H20FN3O/c1-11-5-6-15(17)14(9-11)16(21)18-7-4-8-20-13(3)10-12(2)19-20/h5-6,9-10H,4,7-8H2,1-3H3,(H,18,21). The van der Waals surface area contributed by atoms with E-state index in [1.54, 1.807) is 12.1 Å². The second-order valence-corrected chi connectivity index (χ2v) is 5.24. The minimum atomic E-state index is -0.489. The van der Waals surface area contributed by atoms with Crippen LogP contribution in [0.5, 0.6) is 0 Å². The molecule has 1 aromatic heterocycles. The Balaban J connectivity index is 1.84. The SMILES string of the molecule is Cc1ccc(F)c(C(=O)NCCCn2nc(C)cc2C)c1. The molecular formula is C16H20FN3O. The van der Waals surface area contributed by atoms with Crippen LogP contribution in [-0.2, 0) is 6.54 Å². The quantitative estimate of drug-likeness (QED) is 0.860. The molecule has 1 N–H and O–H groups in total. The van der Waals surface area contributed by atoms with Crippen LogP contribution in [0.2, 0.25) is 0 Å². The lowest BCUT2D eigenvalue weighted by Crippen LogP contribution is -2.26. The van der Waals surface area contributed by atoms with E-state index in [0.29, 0.717) is 6.54 Å². The van der Waals surface area contributed by atoms with Crippen molar-refractivity contribution in [2.75, 3.05) is 6.54 Å². The number of carbonyl (C=O) groups excluding carboxylic acids is 1. The smallest absolute Gasteiger partial charge is 0.254 e. The van der Waals surface area contributed by atoms with Crippen molar-refractivity contribution in [2.45, 2.75) is 33.7 Å². The molecule has 0 aliphatic heterocycles. The number of aryl methyl sites for hydroxylation is 4. The van der Waals surface area contributed by atoms with E-state index >= 15 is 0 Å². The number of hydrogen-bond acceptors (Lipinski definition) is 2. The molecule has 0 fully saturated rings. The van der Waals surface area contributed by atoms with Crippen LogP contribution < -0.4 is 5.32 Å². The molecule has 0 atom stereocenters. The highest BCUT2D eigenvalue weighted by molar-refractivity contribution is 5.94. The monoisotopic (exact) mass is 289 g/mol. The maximum Gasteiger partial charge on any atom is 0.254 e. The first kappa shape index (κ1) is 15.2. The van der Waals surface area contributed by atoms with E-state index in [1.807, 2.05) is 31.5 Å². The topological polar surface area (TPSA) is 46.9 Å². The van der Waals surface area contributed by atoms with E-state index in [4.69, 9.17) is 0 Å². The average molecular weight is 289 g/mol. The summed E-state index contributed by atoms with van der Waals surface area (Å²) in [6.45, 7) is 7.01.